The van der Waals surface area contributed by atoms with Crippen molar-refractivity contribution < 1.29 is 18.0 Å². The van der Waals surface area contributed by atoms with Crippen molar-refractivity contribution in [2.75, 3.05) is 37.0 Å². The number of amides is 3. The maximum absolute atomic E-state index is 12.7. The van der Waals surface area contributed by atoms with Gasteiger partial charge in [0.1, 0.15) is 0 Å². The van der Waals surface area contributed by atoms with E-state index in [9.17, 15) is 18.0 Å². The van der Waals surface area contributed by atoms with Gasteiger partial charge < -0.3 is 15.1 Å². The Labute approximate surface area is 154 Å². The Kier molecular flexibility index (Phi) is 5.50. The minimum absolute atomic E-state index is 0.00443. The molecule has 1 N–H and O–H groups in total. The topological polar surface area (TPSA) is 86.8 Å². The molecule has 2 heterocycles. The SMILES string of the molecule is CN(C(=O)C1CCN(C(=O)Nc2ccccc2)CC1)C1CCS(=O)(=O)C1. The van der Waals surface area contributed by atoms with E-state index >= 15 is 0 Å². The standard InChI is InChI=1S/C18H25N3O4S/c1-20(16-9-12-26(24,25)13-16)17(22)14-7-10-21(11-8-14)18(23)19-15-5-3-2-4-6-15/h2-6,14,16H,7-13H2,1H3,(H,19,23). The molecular weight excluding hydrogens is 354 g/mol. The number of carbonyl (C=O) groups is 2. The zero-order valence-corrected chi connectivity index (χ0v) is 15.7. The first-order valence-electron chi connectivity index (χ1n) is 8.94. The highest BCUT2D eigenvalue weighted by Crippen LogP contribution is 2.24. The number of nitrogens with one attached hydrogen (secondary N) is 1. The predicted molar refractivity (Wildman–Crippen MR) is 99.6 cm³/mol. The summed E-state index contributed by atoms with van der Waals surface area (Å²) in [5.74, 6) is 0.0697. The van der Waals surface area contributed by atoms with E-state index in [1.54, 1.807) is 16.8 Å². The number of benzene rings is 1. The van der Waals surface area contributed by atoms with Crippen molar-refractivity contribution in [1.29, 1.82) is 0 Å². The fourth-order valence-electron chi connectivity index (χ4n) is 3.60. The molecule has 0 aliphatic carbocycles. The van der Waals surface area contributed by atoms with Crippen molar-refractivity contribution in [3.63, 3.8) is 0 Å². The average molecular weight is 379 g/mol. The van der Waals surface area contributed by atoms with Gasteiger partial charge in [0, 0.05) is 37.8 Å². The number of urea groups is 1. The van der Waals surface area contributed by atoms with Crippen LogP contribution in [0.3, 0.4) is 0 Å². The molecule has 2 fully saturated rings. The van der Waals surface area contributed by atoms with E-state index in [1.807, 2.05) is 30.3 Å². The predicted octanol–water partition coefficient (Wildman–Crippen LogP) is 1.58. The van der Waals surface area contributed by atoms with Gasteiger partial charge in [-0.3, -0.25) is 4.79 Å². The molecule has 0 saturated carbocycles. The van der Waals surface area contributed by atoms with Crippen LogP contribution in [0.1, 0.15) is 19.3 Å². The lowest BCUT2D eigenvalue weighted by molar-refractivity contribution is -0.137. The molecule has 7 nitrogen and oxygen atoms in total. The normalized spacial score (nSPS) is 22.8. The van der Waals surface area contributed by atoms with E-state index in [4.69, 9.17) is 0 Å². The van der Waals surface area contributed by atoms with Crippen molar-refractivity contribution >= 4 is 27.5 Å². The molecule has 8 heteroatoms. The van der Waals surface area contributed by atoms with Gasteiger partial charge in [-0.1, -0.05) is 18.2 Å². The van der Waals surface area contributed by atoms with Gasteiger partial charge >= 0.3 is 6.03 Å². The number of sulfone groups is 1. The van der Waals surface area contributed by atoms with Crippen LogP contribution in [0.2, 0.25) is 0 Å². The van der Waals surface area contributed by atoms with Crippen LogP contribution >= 0.6 is 0 Å². The Morgan fingerprint density at radius 2 is 1.77 bits per heavy atom. The van der Waals surface area contributed by atoms with Crippen LogP contribution in [0.15, 0.2) is 30.3 Å². The highest BCUT2D eigenvalue weighted by atomic mass is 32.2. The number of hydrogen-bond donors (Lipinski definition) is 1. The van der Waals surface area contributed by atoms with Gasteiger partial charge in [-0.05, 0) is 31.4 Å². The minimum atomic E-state index is -3.01. The molecular formula is C18H25N3O4S. The molecule has 26 heavy (non-hydrogen) atoms. The summed E-state index contributed by atoms with van der Waals surface area (Å²) in [4.78, 5) is 28.3. The quantitative estimate of drug-likeness (QED) is 0.864. The molecule has 0 bridgehead atoms. The highest BCUT2D eigenvalue weighted by Gasteiger charge is 2.36. The fraction of sp³-hybridized carbons (Fsp3) is 0.556. The van der Waals surface area contributed by atoms with Gasteiger partial charge in [-0.15, -0.1) is 0 Å². The summed E-state index contributed by atoms with van der Waals surface area (Å²) in [6, 6.07) is 8.90. The molecule has 0 radical (unpaired) electrons. The first-order chi connectivity index (χ1) is 12.4. The molecule has 3 rings (SSSR count). The van der Waals surface area contributed by atoms with Crippen LogP contribution in [0.4, 0.5) is 10.5 Å². The van der Waals surface area contributed by atoms with E-state index in [-0.39, 0.29) is 35.4 Å². The van der Waals surface area contributed by atoms with E-state index in [2.05, 4.69) is 5.32 Å². The number of likely N-dealkylation sites (tertiary alicyclic amines) is 1. The van der Waals surface area contributed by atoms with Crippen molar-refractivity contribution in [3.05, 3.63) is 30.3 Å². The van der Waals surface area contributed by atoms with Crippen LogP contribution in [-0.4, -0.2) is 67.8 Å². The summed E-state index contributed by atoms with van der Waals surface area (Å²) >= 11 is 0. The van der Waals surface area contributed by atoms with E-state index in [0.717, 1.165) is 5.69 Å². The second kappa shape index (κ2) is 7.65. The zero-order chi connectivity index (χ0) is 18.7. The molecule has 1 unspecified atom stereocenters. The zero-order valence-electron chi connectivity index (χ0n) is 14.9. The van der Waals surface area contributed by atoms with Crippen LogP contribution < -0.4 is 5.32 Å². The number of hydrogen-bond acceptors (Lipinski definition) is 4. The van der Waals surface area contributed by atoms with Gasteiger partial charge in [0.15, 0.2) is 9.84 Å². The monoisotopic (exact) mass is 379 g/mol. The lowest BCUT2D eigenvalue weighted by atomic mass is 9.95. The first kappa shape index (κ1) is 18.7. The smallest absolute Gasteiger partial charge is 0.321 e. The van der Waals surface area contributed by atoms with Crippen LogP contribution in [0.5, 0.6) is 0 Å². The maximum atomic E-state index is 12.7. The number of rotatable bonds is 3. The van der Waals surface area contributed by atoms with Crippen molar-refractivity contribution in [3.8, 4) is 0 Å². The summed E-state index contributed by atoms with van der Waals surface area (Å²) in [7, 11) is -1.31. The Morgan fingerprint density at radius 1 is 1.12 bits per heavy atom. The second-order valence-electron chi connectivity index (χ2n) is 7.06. The first-order valence-corrected chi connectivity index (χ1v) is 10.8. The molecule has 2 aliphatic rings. The Balaban J connectivity index is 1.50. The molecule has 1 aromatic rings. The molecule has 2 aliphatic heterocycles. The number of carbonyl (C=O) groups excluding carboxylic acids is 2. The molecule has 2 saturated heterocycles. The van der Waals surface area contributed by atoms with Crippen molar-refractivity contribution in [2.45, 2.75) is 25.3 Å². The number of anilines is 1. The lowest BCUT2D eigenvalue weighted by Crippen LogP contribution is -2.47. The summed E-state index contributed by atoms with van der Waals surface area (Å²) < 4.78 is 23.2. The molecule has 0 aromatic heterocycles. The second-order valence-corrected chi connectivity index (χ2v) is 9.29. The van der Waals surface area contributed by atoms with Gasteiger partial charge in [-0.25, -0.2) is 13.2 Å². The fourth-order valence-corrected chi connectivity index (χ4v) is 5.38. The number of para-hydroxylation sites is 1. The van der Waals surface area contributed by atoms with Crippen molar-refractivity contribution in [2.24, 2.45) is 5.92 Å². The van der Waals surface area contributed by atoms with Gasteiger partial charge in [0.05, 0.1) is 11.5 Å². The Morgan fingerprint density at radius 3 is 2.35 bits per heavy atom. The number of piperidine rings is 1. The maximum Gasteiger partial charge on any atom is 0.321 e. The Bertz CT molecular complexity index is 758. The third-order valence-corrected chi connectivity index (χ3v) is 7.01. The van der Waals surface area contributed by atoms with E-state index < -0.39 is 9.84 Å². The third kappa shape index (κ3) is 4.35. The molecule has 1 aromatic carbocycles. The third-order valence-electron chi connectivity index (χ3n) is 5.26. The van der Waals surface area contributed by atoms with Crippen LogP contribution in [-0.2, 0) is 14.6 Å². The molecule has 142 valence electrons. The van der Waals surface area contributed by atoms with E-state index in [1.165, 1.54) is 0 Å². The molecule has 0 spiro atoms. The summed E-state index contributed by atoms with van der Waals surface area (Å²) in [5.41, 5.74) is 0.748. The highest BCUT2D eigenvalue weighted by molar-refractivity contribution is 7.91. The lowest BCUT2D eigenvalue weighted by Gasteiger charge is -2.34. The Hall–Kier alpha value is -2.09. The summed E-state index contributed by atoms with van der Waals surface area (Å²) in [6.07, 6.45) is 1.72. The summed E-state index contributed by atoms with van der Waals surface area (Å²) in [5, 5.41) is 2.86. The average Bonchev–Trinajstić information content (AvgIpc) is 3.01. The van der Waals surface area contributed by atoms with Gasteiger partial charge in [-0.2, -0.15) is 0 Å². The largest absolute Gasteiger partial charge is 0.341 e. The minimum Gasteiger partial charge on any atom is -0.341 e. The van der Waals surface area contributed by atoms with Crippen LogP contribution in [0, 0.1) is 5.92 Å². The van der Waals surface area contributed by atoms with E-state index in [0.29, 0.717) is 32.4 Å². The van der Waals surface area contributed by atoms with Gasteiger partial charge in [0.2, 0.25) is 5.91 Å². The van der Waals surface area contributed by atoms with Crippen molar-refractivity contribution in [1.82, 2.24) is 9.80 Å². The van der Waals surface area contributed by atoms with Crippen LogP contribution in [0.25, 0.3) is 0 Å². The summed E-state index contributed by atoms with van der Waals surface area (Å²) in [6.45, 7) is 1.04. The van der Waals surface area contributed by atoms with Gasteiger partial charge in [0.25, 0.3) is 0 Å². The molecule has 3 amide bonds. The molecule has 1 atom stereocenters. The number of nitrogens with zero attached hydrogens (tertiary/aromatic N) is 2.